The van der Waals surface area contributed by atoms with Gasteiger partial charge in [0.05, 0.1) is 17.7 Å². The predicted octanol–water partition coefficient (Wildman–Crippen LogP) is 2.37. The first-order valence-electron chi connectivity index (χ1n) is 4.92. The summed E-state index contributed by atoms with van der Waals surface area (Å²) in [6.45, 7) is 5.79. The Kier molecular flexibility index (Phi) is 2.57. The SMILES string of the molecule is C=C1NC=NC(c2ccccc2C)=C1C#N. The number of hydrogen-bond acceptors (Lipinski definition) is 3. The summed E-state index contributed by atoms with van der Waals surface area (Å²) in [7, 11) is 0. The minimum Gasteiger partial charge on any atom is -0.346 e. The minimum absolute atomic E-state index is 0.497. The number of allylic oxidation sites excluding steroid dienone is 1. The number of hydrogen-bond donors (Lipinski definition) is 1. The van der Waals surface area contributed by atoms with Gasteiger partial charge >= 0.3 is 0 Å². The molecule has 0 atom stereocenters. The highest BCUT2D eigenvalue weighted by molar-refractivity contribution is 5.85. The van der Waals surface area contributed by atoms with Gasteiger partial charge in [0.2, 0.25) is 0 Å². The molecular formula is C13H11N3. The fourth-order valence-electron chi connectivity index (χ4n) is 1.62. The van der Waals surface area contributed by atoms with E-state index in [2.05, 4.69) is 23.0 Å². The van der Waals surface area contributed by atoms with Crippen LogP contribution in [0.5, 0.6) is 0 Å². The van der Waals surface area contributed by atoms with Gasteiger partial charge in [-0.2, -0.15) is 5.26 Å². The van der Waals surface area contributed by atoms with Crippen molar-refractivity contribution in [3.63, 3.8) is 0 Å². The number of aryl methyl sites for hydroxylation is 1. The molecule has 0 radical (unpaired) electrons. The van der Waals surface area contributed by atoms with E-state index in [1.54, 1.807) is 6.34 Å². The van der Waals surface area contributed by atoms with Crippen molar-refractivity contribution in [2.75, 3.05) is 0 Å². The van der Waals surface area contributed by atoms with E-state index in [0.717, 1.165) is 11.1 Å². The predicted molar refractivity (Wildman–Crippen MR) is 64.5 cm³/mol. The molecule has 1 N–H and O–H groups in total. The summed E-state index contributed by atoms with van der Waals surface area (Å²) in [6.07, 6.45) is 1.56. The van der Waals surface area contributed by atoms with Crippen molar-refractivity contribution in [2.24, 2.45) is 4.99 Å². The van der Waals surface area contributed by atoms with Gasteiger partial charge in [-0.25, -0.2) is 4.99 Å². The van der Waals surface area contributed by atoms with Crippen molar-refractivity contribution in [3.05, 3.63) is 53.2 Å². The summed E-state index contributed by atoms with van der Waals surface area (Å²) < 4.78 is 0. The molecule has 1 aromatic carbocycles. The van der Waals surface area contributed by atoms with Crippen LogP contribution in [0.1, 0.15) is 11.1 Å². The molecule has 1 aliphatic heterocycles. The molecule has 0 saturated carbocycles. The maximum absolute atomic E-state index is 9.10. The maximum atomic E-state index is 9.10. The average Bonchev–Trinajstić information content (AvgIpc) is 2.29. The number of benzene rings is 1. The van der Waals surface area contributed by atoms with Crippen LogP contribution in [0.25, 0.3) is 5.70 Å². The molecule has 78 valence electrons. The molecule has 0 saturated heterocycles. The lowest BCUT2D eigenvalue weighted by molar-refractivity contribution is 1.15. The van der Waals surface area contributed by atoms with Crippen LogP contribution >= 0.6 is 0 Å². The molecule has 0 spiro atoms. The van der Waals surface area contributed by atoms with Gasteiger partial charge < -0.3 is 5.32 Å². The van der Waals surface area contributed by atoms with E-state index in [1.165, 1.54) is 0 Å². The molecule has 0 amide bonds. The van der Waals surface area contributed by atoms with Crippen LogP contribution in [-0.2, 0) is 0 Å². The standard InChI is InChI=1S/C13H11N3/c1-9-5-3-4-6-11(9)13-12(7-14)10(2)15-8-16-13/h3-6,8H,2H2,1H3,(H,15,16). The largest absolute Gasteiger partial charge is 0.346 e. The van der Waals surface area contributed by atoms with Gasteiger partial charge in [-0.15, -0.1) is 0 Å². The summed E-state index contributed by atoms with van der Waals surface area (Å²) in [6, 6.07) is 9.99. The smallest absolute Gasteiger partial charge is 0.104 e. The summed E-state index contributed by atoms with van der Waals surface area (Å²) in [4.78, 5) is 4.22. The first-order valence-corrected chi connectivity index (χ1v) is 4.92. The lowest BCUT2D eigenvalue weighted by Crippen LogP contribution is -2.16. The zero-order valence-electron chi connectivity index (χ0n) is 8.99. The van der Waals surface area contributed by atoms with Crippen LogP contribution in [0.4, 0.5) is 0 Å². The van der Waals surface area contributed by atoms with Gasteiger partial charge in [0.15, 0.2) is 0 Å². The number of nitrogens with zero attached hydrogens (tertiary/aromatic N) is 2. The van der Waals surface area contributed by atoms with E-state index >= 15 is 0 Å². The Balaban J connectivity index is 2.64. The monoisotopic (exact) mass is 209 g/mol. The first kappa shape index (κ1) is 10.2. The van der Waals surface area contributed by atoms with E-state index in [-0.39, 0.29) is 0 Å². The number of nitriles is 1. The molecule has 0 fully saturated rings. The first-order chi connectivity index (χ1) is 7.74. The molecule has 0 unspecified atom stereocenters. The Hall–Kier alpha value is -2.34. The van der Waals surface area contributed by atoms with Crippen molar-refractivity contribution in [1.29, 1.82) is 5.26 Å². The lowest BCUT2D eigenvalue weighted by Gasteiger charge is -2.14. The fourth-order valence-corrected chi connectivity index (χ4v) is 1.62. The highest BCUT2D eigenvalue weighted by Gasteiger charge is 2.15. The Morgan fingerprint density at radius 1 is 1.38 bits per heavy atom. The Morgan fingerprint density at radius 3 is 2.81 bits per heavy atom. The second kappa shape index (κ2) is 4.03. The molecule has 1 aliphatic rings. The van der Waals surface area contributed by atoms with Crippen LogP contribution in [-0.4, -0.2) is 6.34 Å². The molecular weight excluding hydrogens is 198 g/mol. The summed E-state index contributed by atoms with van der Waals surface area (Å²) in [5.41, 5.74) is 3.84. The summed E-state index contributed by atoms with van der Waals surface area (Å²) >= 11 is 0. The number of rotatable bonds is 1. The third-order valence-corrected chi connectivity index (χ3v) is 2.48. The van der Waals surface area contributed by atoms with E-state index in [0.29, 0.717) is 17.0 Å². The quantitative estimate of drug-likeness (QED) is 0.771. The van der Waals surface area contributed by atoms with E-state index in [4.69, 9.17) is 5.26 Å². The zero-order chi connectivity index (χ0) is 11.5. The zero-order valence-corrected chi connectivity index (χ0v) is 8.99. The third-order valence-electron chi connectivity index (χ3n) is 2.48. The summed E-state index contributed by atoms with van der Waals surface area (Å²) in [5.74, 6) is 0. The van der Waals surface area contributed by atoms with Gasteiger partial charge in [0, 0.05) is 5.56 Å². The van der Waals surface area contributed by atoms with Gasteiger partial charge in [0.1, 0.15) is 11.6 Å². The van der Waals surface area contributed by atoms with Gasteiger partial charge in [-0.05, 0) is 12.5 Å². The van der Waals surface area contributed by atoms with E-state index in [1.807, 2.05) is 31.2 Å². The second-order valence-electron chi connectivity index (χ2n) is 3.53. The van der Waals surface area contributed by atoms with Crippen LogP contribution in [0.2, 0.25) is 0 Å². The van der Waals surface area contributed by atoms with Crippen LogP contribution < -0.4 is 5.32 Å². The van der Waals surface area contributed by atoms with Crippen molar-refractivity contribution in [1.82, 2.24) is 5.32 Å². The normalized spacial score (nSPS) is 14.6. The van der Waals surface area contributed by atoms with Crippen LogP contribution in [0.15, 0.2) is 47.1 Å². The Bertz CT molecular complexity index is 545. The molecule has 1 aromatic rings. The van der Waals surface area contributed by atoms with Gasteiger partial charge in [-0.3, -0.25) is 0 Å². The molecule has 1 heterocycles. The fraction of sp³-hybridized carbons (Fsp3) is 0.0769. The minimum atomic E-state index is 0.497. The Labute approximate surface area is 94.4 Å². The highest BCUT2D eigenvalue weighted by atomic mass is 15.0. The molecule has 2 rings (SSSR count). The molecule has 0 bridgehead atoms. The second-order valence-corrected chi connectivity index (χ2v) is 3.53. The van der Waals surface area contributed by atoms with E-state index in [9.17, 15) is 0 Å². The van der Waals surface area contributed by atoms with Gasteiger partial charge in [0.25, 0.3) is 0 Å². The highest BCUT2D eigenvalue weighted by Crippen LogP contribution is 2.27. The van der Waals surface area contributed by atoms with Crippen molar-refractivity contribution in [3.8, 4) is 6.07 Å². The van der Waals surface area contributed by atoms with Crippen LogP contribution in [0.3, 0.4) is 0 Å². The molecule has 3 heteroatoms. The van der Waals surface area contributed by atoms with Crippen molar-refractivity contribution < 1.29 is 0 Å². The van der Waals surface area contributed by atoms with Crippen LogP contribution in [0, 0.1) is 18.3 Å². The van der Waals surface area contributed by atoms with E-state index < -0.39 is 0 Å². The molecule has 16 heavy (non-hydrogen) atoms. The number of aliphatic imine (C=N–C) groups is 1. The number of nitrogens with one attached hydrogen (secondary N) is 1. The molecule has 0 aliphatic carbocycles. The van der Waals surface area contributed by atoms with Crippen molar-refractivity contribution in [2.45, 2.75) is 6.92 Å². The maximum Gasteiger partial charge on any atom is 0.104 e. The lowest BCUT2D eigenvalue weighted by atomic mass is 10.0. The topological polar surface area (TPSA) is 48.2 Å². The average molecular weight is 209 g/mol. The summed E-state index contributed by atoms with van der Waals surface area (Å²) in [5, 5.41) is 11.9. The Morgan fingerprint density at radius 2 is 2.12 bits per heavy atom. The molecule has 0 aromatic heterocycles. The molecule has 3 nitrogen and oxygen atoms in total. The van der Waals surface area contributed by atoms with Gasteiger partial charge in [-0.1, -0.05) is 30.8 Å². The third kappa shape index (κ3) is 1.61. The van der Waals surface area contributed by atoms with Crippen molar-refractivity contribution >= 4 is 12.0 Å².